The number of ether oxygens (including phenoxy) is 2. The Morgan fingerprint density at radius 3 is 3.04 bits per heavy atom. The molecule has 1 atom stereocenters. The van der Waals surface area contributed by atoms with E-state index in [0.29, 0.717) is 13.1 Å². The smallest absolute Gasteiger partial charge is 0.317 e. The first-order valence-corrected chi connectivity index (χ1v) is 9.50. The molecule has 2 amide bonds. The van der Waals surface area contributed by atoms with E-state index in [9.17, 15) is 4.79 Å². The van der Waals surface area contributed by atoms with Crippen molar-refractivity contribution >= 4 is 6.03 Å². The summed E-state index contributed by atoms with van der Waals surface area (Å²) in [4.78, 5) is 14.5. The zero-order valence-corrected chi connectivity index (χ0v) is 15.9. The maximum atomic E-state index is 12.6. The number of likely N-dealkylation sites (tertiary alicyclic amines) is 1. The molecule has 2 aliphatic rings. The monoisotopic (exact) mass is 370 g/mol. The van der Waals surface area contributed by atoms with Crippen LogP contribution in [0.25, 0.3) is 0 Å². The quantitative estimate of drug-likeness (QED) is 0.848. The highest BCUT2D eigenvalue weighted by atomic mass is 16.5. The number of para-hydroxylation sites is 1. The highest BCUT2D eigenvalue weighted by molar-refractivity contribution is 5.74. The van der Waals surface area contributed by atoms with Crippen molar-refractivity contribution in [1.82, 2.24) is 20.4 Å². The largest absolute Gasteiger partial charge is 0.493 e. The lowest BCUT2D eigenvalue weighted by Gasteiger charge is -2.19. The van der Waals surface area contributed by atoms with Crippen LogP contribution in [0.3, 0.4) is 0 Å². The van der Waals surface area contributed by atoms with Gasteiger partial charge in [0.25, 0.3) is 0 Å². The molecule has 1 saturated heterocycles. The Morgan fingerprint density at radius 2 is 2.22 bits per heavy atom. The molecule has 27 heavy (non-hydrogen) atoms. The number of hydrogen-bond acceptors (Lipinski definition) is 4. The average Bonchev–Trinajstić information content (AvgIpc) is 3.42. The van der Waals surface area contributed by atoms with E-state index in [1.807, 2.05) is 17.0 Å². The molecule has 1 aliphatic heterocycles. The summed E-state index contributed by atoms with van der Waals surface area (Å²) in [7, 11) is 3.30. The summed E-state index contributed by atoms with van der Waals surface area (Å²) in [5, 5.41) is 10.5. The maximum absolute atomic E-state index is 12.6. The predicted molar refractivity (Wildman–Crippen MR) is 101 cm³/mol. The average molecular weight is 370 g/mol. The summed E-state index contributed by atoms with van der Waals surface area (Å²) in [6, 6.07) is 5.89. The number of urea groups is 1. The van der Waals surface area contributed by atoms with Crippen molar-refractivity contribution in [3.8, 4) is 11.5 Å². The van der Waals surface area contributed by atoms with Gasteiger partial charge in [-0.05, 0) is 37.3 Å². The van der Waals surface area contributed by atoms with Crippen molar-refractivity contribution in [2.45, 2.75) is 38.1 Å². The molecule has 0 spiro atoms. The normalized spacial score (nSPS) is 18.4. The van der Waals surface area contributed by atoms with Crippen LogP contribution >= 0.6 is 0 Å². The van der Waals surface area contributed by atoms with Crippen molar-refractivity contribution in [1.29, 1.82) is 0 Å². The van der Waals surface area contributed by atoms with E-state index in [4.69, 9.17) is 9.47 Å². The van der Waals surface area contributed by atoms with E-state index in [1.54, 1.807) is 14.2 Å². The van der Waals surface area contributed by atoms with Gasteiger partial charge in [-0.25, -0.2) is 4.79 Å². The van der Waals surface area contributed by atoms with Gasteiger partial charge in [-0.2, -0.15) is 5.10 Å². The number of H-pyrrole nitrogens is 1. The van der Waals surface area contributed by atoms with Crippen molar-refractivity contribution in [2.75, 3.05) is 27.3 Å². The molecule has 7 heteroatoms. The number of amides is 2. The Hall–Kier alpha value is -2.70. The van der Waals surface area contributed by atoms with E-state index in [1.165, 1.54) is 17.7 Å². The van der Waals surface area contributed by atoms with Crippen molar-refractivity contribution in [2.24, 2.45) is 0 Å². The molecule has 0 bridgehead atoms. The Balaban J connectivity index is 1.38. The molecule has 4 rings (SSSR count). The molecule has 0 unspecified atom stereocenters. The van der Waals surface area contributed by atoms with Gasteiger partial charge in [0.1, 0.15) is 0 Å². The molecule has 7 nitrogen and oxygen atoms in total. The summed E-state index contributed by atoms with van der Waals surface area (Å²) in [6.07, 6.45) is 4.19. The molecule has 144 valence electrons. The van der Waals surface area contributed by atoms with Crippen LogP contribution < -0.4 is 14.8 Å². The van der Waals surface area contributed by atoms with Gasteiger partial charge in [0.2, 0.25) is 0 Å². The Labute approximate surface area is 159 Å². The van der Waals surface area contributed by atoms with E-state index in [2.05, 4.69) is 21.6 Å². The minimum Gasteiger partial charge on any atom is -0.493 e. The van der Waals surface area contributed by atoms with Crippen LogP contribution in [0.4, 0.5) is 4.79 Å². The van der Waals surface area contributed by atoms with Crippen molar-refractivity contribution in [3.05, 3.63) is 40.7 Å². The number of benzene rings is 1. The number of fused-ring (bicyclic) bond motifs is 1. The van der Waals surface area contributed by atoms with Crippen molar-refractivity contribution < 1.29 is 14.3 Å². The van der Waals surface area contributed by atoms with E-state index in [0.717, 1.165) is 48.6 Å². The van der Waals surface area contributed by atoms with Crippen LogP contribution in [0, 0.1) is 0 Å². The number of hydrogen-bond donors (Lipinski definition) is 2. The fourth-order valence-corrected chi connectivity index (χ4v) is 4.24. The first-order valence-electron chi connectivity index (χ1n) is 9.50. The molecular weight excluding hydrogens is 344 g/mol. The highest BCUT2D eigenvalue weighted by Gasteiger charge is 2.30. The van der Waals surface area contributed by atoms with Gasteiger partial charge in [0, 0.05) is 30.3 Å². The zero-order chi connectivity index (χ0) is 18.8. The molecule has 1 fully saturated rings. The first kappa shape index (κ1) is 17.7. The SMILES string of the molecule is COc1cccc([C@@H]2CCN(C(=O)NCc3n[nH]c4c3CCC4)C2)c1OC. The number of nitrogens with one attached hydrogen (secondary N) is 2. The molecule has 0 saturated carbocycles. The maximum Gasteiger partial charge on any atom is 0.317 e. The van der Waals surface area contributed by atoms with Gasteiger partial charge in [-0.15, -0.1) is 0 Å². The predicted octanol–water partition coefficient (Wildman–Crippen LogP) is 2.61. The third-order valence-electron chi connectivity index (χ3n) is 5.65. The van der Waals surface area contributed by atoms with Gasteiger partial charge in [0.05, 0.1) is 26.5 Å². The van der Waals surface area contributed by atoms with Crippen LogP contribution in [0.2, 0.25) is 0 Å². The first-order chi connectivity index (χ1) is 13.2. The fraction of sp³-hybridized carbons (Fsp3) is 0.500. The highest BCUT2D eigenvalue weighted by Crippen LogP contribution is 2.39. The number of rotatable bonds is 5. The van der Waals surface area contributed by atoms with E-state index < -0.39 is 0 Å². The molecule has 1 aliphatic carbocycles. The third-order valence-corrected chi connectivity index (χ3v) is 5.65. The summed E-state index contributed by atoms with van der Waals surface area (Å²) in [5.41, 5.74) is 4.58. The zero-order valence-electron chi connectivity index (χ0n) is 15.9. The van der Waals surface area contributed by atoms with Gasteiger partial charge in [0.15, 0.2) is 11.5 Å². The fourth-order valence-electron chi connectivity index (χ4n) is 4.24. The second kappa shape index (κ2) is 7.50. The lowest BCUT2D eigenvalue weighted by molar-refractivity contribution is 0.207. The Morgan fingerprint density at radius 1 is 1.33 bits per heavy atom. The minimum absolute atomic E-state index is 0.0332. The van der Waals surface area contributed by atoms with Gasteiger partial charge >= 0.3 is 6.03 Å². The van der Waals surface area contributed by atoms with Crippen LogP contribution in [-0.2, 0) is 19.4 Å². The van der Waals surface area contributed by atoms with E-state index >= 15 is 0 Å². The number of nitrogens with zero attached hydrogens (tertiary/aromatic N) is 2. The van der Waals surface area contributed by atoms with Crippen LogP contribution in [0.5, 0.6) is 11.5 Å². The molecule has 2 N–H and O–H groups in total. The van der Waals surface area contributed by atoms with Gasteiger partial charge < -0.3 is 19.7 Å². The third kappa shape index (κ3) is 3.34. The van der Waals surface area contributed by atoms with Crippen LogP contribution in [-0.4, -0.2) is 48.4 Å². The summed E-state index contributed by atoms with van der Waals surface area (Å²) in [6.45, 7) is 1.89. The van der Waals surface area contributed by atoms with Crippen LogP contribution in [0.15, 0.2) is 18.2 Å². The number of aryl methyl sites for hydroxylation is 1. The number of aromatic amines is 1. The second-order valence-electron chi connectivity index (χ2n) is 7.15. The second-order valence-corrected chi connectivity index (χ2v) is 7.15. The Kier molecular flexibility index (Phi) is 4.92. The lowest BCUT2D eigenvalue weighted by atomic mass is 9.97. The molecule has 2 heterocycles. The van der Waals surface area contributed by atoms with Crippen LogP contribution in [0.1, 0.15) is 41.3 Å². The van der Waals surface area contributed by atoms with Gasteiger partial charge in [-0.3, -0.25) is 5.10 Å². The number of aromatic nitrogens is 2. The molecular formula is C20H26N4O3. The number of carbonyl (C=O) groups excluding carboxylic acids is 1. The molecule has 0 radical (unpaired) electrons. The minimum atomic E-state index is -0.0332. The Bertz CT molecular complexity index is 833. The number of methoxy groups -OCH3 is 2. The van der Waals surface area contributed by atoms with Gasteiger partial charge in [-0.1, -0.05) is 12.1 Å². The van der Waals surface area contributed by atoms with Crippen molar-refractivity contribution in [3.63, 3.8) is 0 Å². The standard InChI is InChI=1S/C20H26N4O3/c1-26-18-8-4-5-14(19(18)27-2)13-9-10-24(12-13)20(25)21-11-17-15-6-3-7-16(15)22-23-17/h4-5,8,13H,3,6-7,9-12H2,1-2H3,(H,21,25)(H,22,23)/t13-/m1/s1. The summed E-state index contributed by atoms with van der Waals surface area (Å²) >= 11 is 0. The molecule has 1 aromatic heterocycles. The summed E-state index contributed by atoms with van der Waals surface area (Å²) < 4.78 is 11.0. The molecule has 2 aromatic rings. The topological polar surface area (TPSA) is 79.5 Å². The summed E-state index contributed by atoms with van der Waals surface area (Å²) in [5.74, 6) is 1.74. The lowest BCUT2D eigenvalue weighted by Crippen LogP contribution is -2.38. The molecule has 1 aromatic carbocycles. The van der Waals surface area contributed by atoms with E-state index in [-0.39, 0.29) is 11.9 Å². The number of carbonyl (C=O) groups is 1.